The first kappa shape index (κ1) is 13.7. The van der Waals surface area contributed by atoms with Gasteiger partial charge in [0.25, 0.3) is 0 Å². The Balaban J connectivity index is 0. The molecule has 0 fully saturated rings. The molecule has 0 amide bonds. The van der Waals surface area contributed by atoms with Crippen molar-refractivity contribution in [3.05, 3.63) is 12.2 Å². The maximum Gasteiger partial charge on any atom is 0.306 e. The van der Waals surface area contributed by atoms with Crippen LogP contribution in [0.1, 0.15) is 34.1 Å². The van der Waals surface area contributed by atoms with E-state index in [1.54, 1.807) is 0 Å². The van der Waals surface area contributed by atoms with Crippen LogP contribution in [0.2, 0.25) is 0 Å². The lowest BCUT2D eigenvalue weighted by Gasteiger charge is -2.12. The summed E-state index contributed by atoms with van der Waals surface area (Å²) in [6.45, 7) is 10.4. The molecule has 0 aromatic heterocycles. The number of carbonyl (C=O) groups is 1. The molecule has 0 unspecified atom stereocenters. The number of hydrogen-bond acceptors (Lipinski definition) is 2. The fraction of sp³-hybridized carbons (Fsp3) is 0.667. The highest BCUT2D eigenvalue weighted by molar-refractivity contribution is 5.67. The first-order valence-corrected chi connectivity index (χ1v) is 3.71. The lowest BCUT2D eigenvalue weighted by Crippen LogP contribution is -2.22. The van der Waals surface area contributed by atoms with Crippen molar-refractivity contribution < 1.29 is 15.0 Å². The molecule has 3 heteroatoms. The number of aliphatic carboxylic acids is 1. The van der Waals surface area contributed by atoms with Crippen LogP contribution in [-0.4, -0.2) is 21.8 Å². The second-order valence-corrected chi connectivity index (χ2v) is 3.59. The summed E-state index contributed by atoms with van der Waals surface area (Å²) < 4.78 is 0. The summed E-state index contributed by atoms with van der Waals surface area (Å²) in [6.07, 6.45) is -0.201. The fourth-order valence-electron chi connectivity index (χ4n) is 0.370. The molecule has 0 saturated heterocycles. The van der Waals surface area contributed by atoms with E-state index in [4.69, 9.17) is 10.2 Å². The number of carboxylic acids is 1. The Hall–Kier alpha value is -0.830. The smallest absolute Gasteiger partial charge is 0.306 e. The summed E-state index contributed by atoms with van der Waals surface area (Å²) in [4.78, 5) is 9.85. The monoisotopic (exact) mass is 174 g/mol. The number of allylic oxidation sites excluding steroid dienone is 1. The Morgan fingerprint density at radius 1 is 1.42 bits per heavy atom. The second-order valence-electron chi connectivity index (χ2n) is 3.59. The molecule has 0 radical (unpaired) electrons. The van der Waals surface area contributed by atoms with E-state index in [2.05, 4.69) is 6.58 Å². The van der Waals surface area contributed by atoms with E-state index in [0.717, 1.165) is 0 Å². The Kier molecular flexibility index (Phi) is 6.61. The largest absolute Gasteiger partial charge is 0.481 e. The third-order valence-corrected chi connectivity index (χ3v) is 0.584. The molecular weight excluding hydrogens is 156 g/mol. The third-order valence-electron chi connectivity index (χ3n) is 0.584. The zero-order chi connectivity index (χ0) is 10.4. The van der Waals surface area contributed by atoms with Crippen LogP contribution in [0.3, 0.4) is 0 Å². The molecule has 2 N–H and O–H groups in total. The molecule has 0 atom stereocenters. The summed E-state index contributed by atoms with van der Waals surface area (Å²) in [7, 11) is 0. The van der Waals surface area contributed by atoms with E-state index in [1.165, 1.54) is 19.4 Å². The Bertz CT molecular complexity index is 150. The quantitative estimate of drug-likeness (QED) is 0.628. The van der Waals surface area contributed by atoms with Crippen molar-refractivity contribution in [3.8, 4) is 0 Å². The average Bonchev–Trinajstić information content (AvgIpc) is 1.52. The van der Waals surface area contributed by atoms with Gasteiger partial charge in [0, 0.05) is 0 Å². The zero-order valence-corrected chi connectivity index (χ0v) is 8.22. The van der Waals surface area contributed by atoms with Crippen molar-refractivity contribution >= 4 is 5.97 Å². The first-order chi connectivity index (χ1) is 5.15. The van der Waals surface area contributed by atoms with Crippen molar-refractivity contribution in [2.45, 2.75) is 39.7 Å². The Labute approximate surface area is 73.7 Å². The SMILES string of the molecule is C=C(C)C.CC(C)(O)CC(=O)O. The standard InChI is InChI=1S/C5H10O3.C4H8/c1-5(2,8)3-4(6)7;1-4(2)3/h8H,3H2,1-2H3,(H,6,7);1H2,2-3H3. The van der Waals surface area contributed by atoms with Crippen LogP contribution in [0.5, 0.6) is 0 Å². The predicted octanol–water partition coefficient (Wildman–Crippen LogP) is 1.81. The molecule has 0 aromatic carbocycles. The van der Waals surface area contributed by atoms with Crippen molar-refractivity contribution in [2.75, 3.05) is 0 Å². The molecule has 3 nitrogen and oxygen atoms in total. The number of carboxylic acid groups (broad SMARTS) is 1. The topological polar surface area (TPSA) is 57.5 Å². The first-order valence-electron chi connectivity index (χ1n) is 3.71. The lowest BCUT2D eigenvalue weighted by molar-refractivity contribution is -0.141. The summed E-state index contributed by atoms with van der Waals surface area (Å²) in [5.41, 5.74) is 0.0891. The average molecular weight is 174 g/mol. The highest BCUT2D eigenvalue weighted by atomic mass is 16.4. The highest BCUT2D eigenvalue weighted by Gasteiger charge is 2.16. The van der Waals surface area contributed by atoms with E-state index in [0.29, 0.717) is 0 Å². The molecule has 12 heavy (non-hydrogen) atoms. The molecular formula is C9H18O3. The third kappa shape index (κ3) is 35.2. The van der Waals surface area contributed by atoms with Gasteiger partial charge in [-0.3, -0.25) is 4.79 Å². The van der Waals surface area contributed by atoms with Crippen LogP contribution in [0, 0.1) is 0 Å². The van der Waals surface area contributed by atoms with Crippen LogP contribution in [-0.2, 0) is 4.79 Å². The molecule has 0 rings (SSSR count). The van der Waals surface area contributed by atoms with Gasteiger partial charge in [-0.25, -0.2) is 0 Å². The molecule has 0 spiro atoms. The molecule has 0 bridgehead atoms. The minimum Gasteiger partial charge on any atom is -0.481 e. The number of aliphatic hydroxyl groups is 1. The predicted molar refractivity (Wildman–Crippen MR) is 49.0 cm³/mol. The summed E-state index contributed by atoms with van der Waals surface area (Å²) in [5.74, 6) is -0.975. The van der Waals surface area contributed by atoms with Crippen LogP contribution >= 0.6 is 0 Å². The molecule has 0 aliphatic rings. The van der Waals surface area contributed by atoms with Crippen molar-refractivity contribution in [3.63, 3.8) is 0 Å². The van der Waals surface area contributed by atoms with Gasteiger partial charge in [0.2, 0.25) is 0 Å². The van der Waals surface area contributed by atoms with Gasteiger partial charge < -0.3 is 10.2 Å². The maximum absolute atomic E-state index is 9.85. The van der Waals surface area contributed by atoms with Gasteiger partial charge in [-0.05, 0) is 27.7 Å². The second kappa shape index (κ2) is 5.77. The molecule has 0 saturated carbocycles. The Morgan fingerprint density at radius 2 is 1.67 bits per heavy atom. The summed E-state index contributed by atoms with van der Waals surface area (Å²) >= 11 is 0. The van der Waals surface area contributed by atoms with E-state index in [-0.39, 0.29) is 6.42 Å². The van der Waals surface area contributed by atoms with Gasteiger partial charge in [0.15, 0.2) is 0 Å². The number of hydrogen-bond donors (Lipinski definition) is 2. The van der Waals surface area contributed by atoms with Crippen molar-refractivity contribution in [1.29, 1.82) is 0 Å². The van der Waals surface area contributed by atoms with Crippen molar-refractivity contribution in [2.24, 2.45) is 0 Å². The van der Waals surface area contributed by atoms with E-state index < -0.39 is 11.6 Å². The Morgan fingerprint density at radius 3 is 1.67 bits per heavy atom. The molecule has 0 heterocycles. The van der Waals surface area contributed by atoms with Gasteiger partial charge in [-0.2, -0.15) is 0 Å². The minimum absolute atomic E-state index is 0.201. The van der Waals surface area contributed by atoms with Gasteiger partial charge in [0.05, 0.1) is 12.0 Å². The fourth-order valence-corrected chi connectivity index (χ4v) is 0.370. The van der Waals surface area contributed by atoms with E-state index >= 15 is 0 Å². The summed E-state index contributed by atoms with van der Waals surface area (Å²) in [6, 6.07) is 0. The molecule has 72 valence electrons. The van der Waals surface area contributed by atoms with Crippen LogP contribution < -0.4 is 0 Å². The van der Waals surface area contributed by atoms with Crippen LogP contribution in [0.25, 0.3) is 0 Å². The maximum atomic E-state index is 9.85. The zero-order valence-electron chi connectivity index (χ0n) is 8.22. The van der Waals surface area contributed by atoms with Crippen LogP contribution in [0.4, 0.5) is 0 Å². The summed E-state index contributed by atoms with van der Waals surface area (Å²) in [5, 5.41) is 16.9. The van der Waals surface area contributed by atoms with Gasteiger partial charge in [0.1, 0.15) is 0 Å². The normalized spacial score (nSPS) is 9.75. The van der Waals surface area contributed by atoms with Crippen LogP contribution in [0.15, 0.2) is 12.2 Å². The van der Waals surface area contributed by atoms with Gasteiger partial charge >= 0.3 is 5.97 Å². The lowest BCUT2D eigenvalue weighted by atomic mass is 10.1. The van der Waals surface area contributed by atoms with E-state index in [1.807, 2.05) is 13.8 Å². The molecule has 0 aliphatic carbocycles. The van der Waals surface area contributed by atoms with Crippen molar-refractivity contribution in [1.82, 2.24) is 0 Å². The highest BCUT2D eigenvalue weighted by Crippen LogP contribution is 2.05. The molecule has 0 aromatic rings. The van der Waals surface area contributed by atoms with Gasteiger partial charge in [-0.1, -0.05) is 5.57 Å². The minimum atomic E-state index is -1.08. The van der Waals surface area contributed by atoms with E-state index in [9.17, 15) is 4.79 Å². The molecule has 0 aliphatic heterocycles. The van der Waals surface area contributed by atoms with Gasteiger partial charge in [-0.15, -0.1) is 6.58 Å². The number of rotatable bonds is 2.